The lowest BCUT2D eigenvalue weighted by atomic mass is 10.1. The zero-order valence-corrected chi connectivity index (χ0v) is 8.61. The maximum atomic E-state index is 13.0. The van der Waals surface area contributed by atoms with Crippen LogP contribution in [-0.2, 0) is 0 Å². The third-order valence-electron chi connectivity index (χ3n) is 1.41. The Labute approximate surface area is 89.4 Å². The lowest BCUT2D eigenvalue weighted by Gasteiger charge is -2.18. The molecule has 1 atom stereocenters. The maximum Gasteiger partial charge on any atom is 0.208 e. The fourth-order valence-corrected chi connectivity index (χ4v) is 1.26. The minimum atomic E-state index is -2.15. The van der Waals surface area contributed by atoms with Crippen LogP contribution in [0.1, 0.15) is 6.42 Å². The van der Waals surface area contributed by atoms with Gasteiger partial charge in [-0.1, -0.05) is 23.2 Å². The van der Waals surface area contributed by atoms with Crippen molar-refractivity contribution in [3.8, 4) is 0 Å². The summed E-state index contributed by atoms with van der Waals surface area (Å²) in [6.07, 6.45) is 1.68. The second-order valence-electron chi connectivity index (χ2n) is 2.49. The van der Waals surface area contributed by atoms with Gasteiger partial charge in [-0.25, -0.2) is 8.78 Å². The molecule has 0 bridgehead atoms. The Hall–Kier alpha value is -0.190. The topological polar surface area (TPSA) is 12.0 Å². The van der Waals surface area contributed by atoms with Crippen molar-refractivity contribution in [2.45, 2.75) is 11.5 Å². The molecule has 1 aliphatic rings. The van der Waals surface area contributed by atoms with Crippen LogP contribution in [0, 0.1) is 0 Å². The van der Waals surface area contributed by atoms with E-state index in [4.69, 9.17) is 23.2 Å². The molecule has 0 aliphatic heterocycles. The first-order chi connectivity index (χ1) is 5.91. The van der Waals surface area contributed by atoms with Crippen LogP contribution in [0.5, 0.6) is 0 Å². The maximum absolute atomic E-state index is 13.0. The van der Waals surface area contributed by atoms with Gasteiger partial charge in [0.25, 0.3) is 0 Å². The number of thiocarbonyl (C=S) groups is 1. The summed E-state index contributed by atoms with van der Waals surface area (Å²) in [6, 6.07) is 0. The summed E-state index contributed by atoms with van der Waals surface area (Å²) >= 11 is 15.0. The van der Waals surface area contributed by atoms with Gasteiger partial charge in [-0.3, -0.25) is 0 Å². The molecular weight excluding hydrogens is 239 g/mol. The predicted octanol–water partition coefficient (Wildman–Crippen LogP) is 3.15. The molecule has 0 aromatic carbocycles. The predicted molar refractivity (Wildman–Crippen MR) is 53.2 cm³/mol. The lowest BCUT2D eigenvalue weighted by Crippen LogP contribution is -2.22. The molecule has 1 rings (SSSR count). The molecule has 0 saturated heterocycles. The third-order valence-corrected chi connectivity index (χ3v) is 1.87. The van der Waals surface area contributed by atoms with Crippen molar-refractivity contribution in [1.82, 2.24) is 5.32 Å². The molecule has 0 fully saturated rings. The Balaban J connectivity index is 2.79. The summed E-state index contributed by atoms with van der Waals surface area (Å²) < 4.78 is 25.9. The highest BCUT2D eigenvalue weighted by molar-refractivity contribution is 7.83. The normalized spacial score (nSPS) is 27.7. The number of rotatable bonds is 1. The Morgan fingerprint density at radius 3 is 2.77 bits per heavy atom. The molecule has 13 heavy (non-hydrogen) atoms. The first kappa shape index (κ1) is 10.9. The SMILES string of the molecule is FC1=C(NC(=S)Cl)C=CC(F)(Cl)C1. The van der Waals surface area contributed by atoms with Crippen LogP contribution in [0.2, 0.25) is 0 Å². The van der Waals surface area contributed by atoms with E-state index in [1.54, 1.807) is 0 Å². The van der Waals surface area contributed by atoms with Crippen LogP contribution < -0.4 is 5.32 Å². The van der Waals surface area contributed by atoms with E-state index in [0.29, 0.717) is 0 Å². The van der Waals surface area contributed by atoms with Gasteiger partial charge in [0.1, 0.15) is 5.83 Å². The van der Waals surface area contributed by atoms with Gasteiger partial charge < -0.3 is 5.32 Å². The number of hydrogen-bond acceptors (Lipinski definition) is 1. The number of nitrogens with one attached hydrogen (secondary N) is 1. The van der Waals surface area contributed by atoms with Crippen molar-refractivity contribution in [3.63, 3.8) is 0 Å². The largest absolute Gasteiger partial charge is 0.335 e. The molecule has 1 nitrogen and oxygen atoms in total. The fraction of sp³-hybridized carbons (Fsp3) is 0.286. The van der Waals surface area contributed by atoms with Crippen molar-refractivity contribution in [1.29, 1.82) is 0 Å². The number of halogens is 4. The summed E-state index contributed by atoms with van der Waals surface area (Å²) in [6.45, 7) is 0. The molecule has 0 saturated carbocycles. The first-order valence-electron chi connectivity index (χ1n) is 3.33. The van der Waals surface area contributed by atoms with Gasteiger partial charge in [-0.15, -0.1) is 0 Å². The van der Waals surface area contributed by atoms with Crippen molar-refractivity contribution in [3.05, 3.63) is 23.7 Å². The highest BCUT2D eigenvalue weighted by atomic mass is 35.5. The summed E-state index contributed by atoms with van der Waals surface area (Å²) in [5, 5.41) is 0.209. The average Bonchev–Trinajstić information content (AvgIpc) is 1.93. The highest BCUT2D eigenvalue weighted by Gasteiger charge is 2.29. The van der Waals surface area contributed by atoms with Crippen molar-refractivity contribution in [2.75, 3.05) is 0 Å². The fourth-order valence-electron chi connectivity index (χ4n) is 0.872. The monoisotopic (exact) mass is 243 g/mol. The van der Waals surface area contributed by atoms with Gasteiger partial charge in [0, 0.05) is 0 Å². The second-order valence-corrected chi connectivity index (χ2v) is 4.13. The van der Waals surface area contributed by atoms with Crippen LogP contribution in [0.25, 0.3) is 0 Å². The molecule has 1 unspecified atom stereocenters. The van der Waals surface area contributed by atoms with E-state index < -0.39 is 17.4 Å². The molecule has 1 aliphatic carbocycles. The molecule has 0 spiro atoms. The molecule has 1 N–H and O–H groups in total. The van der Waals surface area contributed by atoms with E-state index in [2.05, 4.69) is 17.5 Å². The summed E-state index contributed by atoms with van der Waals surface area (Å²) in [4.78, 5) is 0. The van der Waals surface area contributed by atoms with Gasteiger partial charge in [0.15, 0.2) is 4.45 Å². The number of alkyl halides is 2. The number of allylic oxidation sites excluding steroid dienone is 3. The van der Waals surface area contributed by atoms with Crippen LogP contribution in [-0.4, -0.2) is 9.58 Å². The average molecular weight is 244 g/mol. The molecule has 72 valence electrons. The van der Waals surface area contributed by atoms with Crippen LogP contribution in [0.15, 0.2) is 23.7 Å². The van der Waals surface area contributed by atoms with Crippen LogP contribution in [0.3, 0.4) is 0 Å². The van der Waals surface area contributed by atoms with E-state index in [1.165, 1.54) is 6.08 Å². The summed E-state index contributed by atoms with van der Waals surface area (Å²) in [5.41, 5.74) is 0.0499. The quantitative estimate of drug-likeness (QED) is 0.329. The van der Waals surface area contributed by atoms with E-state index in [9.17, 15) is 8.78 Å². The van der Waals surface area contributed by atoms with Crippen LogP contribution in [0.4, 0.5) is 8.78 Å². The Morgan fingerprint density at radius 2 is 2.31 bits per heavy atom. The Morgan fingerprint density at radius 1 is 1.69 bits per heavy atom. The van der Waals surface area contributed by atoms with Gasteiger partial charge >= 0.3 is 0 Å². The molecule has 6 heteroatoms. The van der Waals surface area contributed by atoms with E-state index in [1.807, 2.05) is 0 Å². The van der Waals surface area contributed by atoms with Gasteiger partial charge in [0.05, 0.1) is 12.1 Å². The minimum Gasteiger partial charge on any atom is -0.335 e. The molecular formula is C7H5Cl2F2NS. The molecule has 0 radical (unpaired) electrons. The van der Waals surface area contributed by atoms with E-state index >= 15 is 0 Å². The Kier molecular flexibility index (Phi) is 3.27. The van der Waals surface area contributed by atoms with Gasteiger partial charge in [0.2, 0.25) is 5.13 Å². The van der Waals surface area contributed by atoms with Crippen molar-refractivity contribution >= 4 is 39.9 Å². The van der Waals surface area contributed by atoms with E-state index in [-0.39, 0.29) is 10.1 Å². The minimum absolute atomic E-state index is 0.0499. The smallest absolute Gasteiger partial charge is 0.208 e. The lowest BCUT2D eigenvalue weighted by molar-refractivity contribution is 0.317. The molecule has 0 aromatic rings. The zero-order valence-electron chi connectivity index (χ0n) is 6.28. The standard InChI is InChI=1S/C7H5Cl2F2NS/c8-6(13)12-5-1-2-7(9,11)3-4(5)10/h1-2H,3H2,(H,12,13). The van der Waals surface area contributed by atoms with Gasteiger partial charge in [-0.05, 0) is 24.4 Å². The highest BCUT2D eigenvalue weighted by Crippen LogP contribution is 2.33. The summed E-state index contributed by atoms with van der Waals surface area (Å²) in [5.74, 6) is -0.706. The zero-order chi connectivity index (χ0) is 10.1. The van der Waals surface area contributed by atoms with E-state index in [0.717, 1.165) is 6.08 Å². The molecule has 0 heterocycles. The van der Waals surface area contributed by atoms with Crippen molar-refractivity contribution < 1.29 is 8.78 Å². The Bertz CT molecular complexity index is 299. The second kappa shape index (κ2) is 3.90. The molecule has 0 aromatic heterocycles. The number of hydrogen-bond donors (Lipinski definition) is 1. The first-order valence-corrected chi connectivity index (χ1v) is 4.49. The molecule has 0 amide bonds. The van der Waals surface area contributed by atoms with Crippen LogP contribution >= 0.6 is 35.4 Å². The van der Waals surface area contributed by atoms with Gasteiger partial charge in [-0.2, -0.15) is 0 Å². The third kappa shape index (κ3) is 3.21. The van der Waals surface area contributed by atoms with Crippen molar-refractivity contribution in [2.24, 2.45) is 0 Å². The summed E-state index contributed by atoms with van der Waals surface area (Å²) in [7, 11) is 0.